The van der Waals surface area contributed by atoms with Crippen LogP contribution in [-0.2, 0) is 13.0 Å². The number of furan rings is 1. The summed E-state index contributed by atoms with van der Waals surface area (Å²) >= 11 is 3.57. The first-order chi connectivity index (χ1) is 9.15. The number of nitrogens with one attached hydrogen (secondary N) is 1. The molecule has 1 unspecified atom stereocenters. The van der Waals surface area contributed by atoms with E-state index in [9.17, 15) is 0 Å². The summed E-state index contributed by atoms with van der Waals surface area (Å²) in [6, 6.07) is 11.0. The average Bonchev–Trinajstić information content (AvgIpc) is 2.91. The van der Waals surface area contributed by atoms with Crippen molar-refractivity contribution in [2.75, 3.05) is 0 Å². The fraction of sp³-hybridized carbons (Fsp3) is 0.375. The first kappa shape index (κ1) is 14.4. The highest BCUT2D eigenvalue weighted by Gasteiger charge is 2.04. The molecule has 1 atom stereocenters. The van der Waals surface area contributed by atoms with E-state index in [1.165, 1.54) is 15.6 Å². The number of rotatable bonds is 6. The van der Waals surface area contributed by atoms with E-state index in [1.54, 1.807) is 6.26 Å². The van der Waals surface area contributed by atoms with Gasteiger partial charge in [0.05, 0.1) is 6.26 Å². The maximum atomic E-state index is 5.34. The quantitative estimate of drug-likeness (QED) is 0.849. The zero-order valence-electron chi connectivity index (χ0n) is 11.4. The molecule has 1 aromatic heterocycles. The average molecular weight is 322 g/mol. The van der Waals surface area contributed by atoms with Crippen molar-refractivity contribution in [1.82, 2.24) is 5.32 Å². The second-order valence-corrected chi connectivity index (χ2v) is 5.84. The Balaban J connectivity index is 1.76. The second-order valence-electron chi connectivity index (χ2n) is 4.98. The van der Waals surface area contributed by atoms with Gasteiger partial charge in [0.25, 0.3) is 0 Å². The van der Waals surface area contributed by atoms with Crippen LogP contribution in [0.2, 0.25) is 0 Å². The van der Waals surface area contributed by atoms with E-state index >= 15 is 0 Å². The summed E-state index contributed by atoms with van der Waals surface area (Å²) in [6.07, 6.45) is 3.80. The number of benzene rings is 1. The van der Waals surface area contributed by atoms with E-state index in [0.29, 0.717) is 6.04 Å². The molecule has 19 heavy (non-hydrogen) atoms. The van der Waals surface area contributed by atoms with E-state index in [1.807, 2.05) is 12.1 Å². The highest BCUT2D eigenvalue weighted by atomic mass is 79.9. The van der Waals surface area contributed by atoms with Crippen LogP contribution in [0.5, 0.6) is 0 Å². The summed E-state index contributed by atoms with van der Waals surface area (Å²) in [5.41, 5.74) is 2.58. The summed E-state index contributed by atoms with van der Waals surface area (Å²) in [6.45, 7) is 5.22. The summed E-state index contributed by atoms with van der Waals surface area (Å²) < 4.78 is 6.52. The van der Waals surface area contributed by atoms with Crippen molar-refractivity contribution in [3.63, 3.8) is 0 Å². The molecule has 1 N–H and O–H groups in total. The summed E-state index contributed by atoms with van der Waals surface area (Å²) in [5, 5.41) is 3.55. The lowest BCUT2D eigenvalue weighted by Crippen LogP contribution is -2.25. The Hall–Kier alpha value is -1.06. The molecule has 2 nitrogen and oxygen atoms in total. The molecule has 0 aliphatic heterocycles. The van der Waals surface area contributed by atoms with Crippen molar-refractivity contribution in [3.05, 3.63) is 58.0 Å². The summed E-state index contributed by atoms with van der Waals surface area (Å²) in [5.74, 6) is 1.06. The lowest BCUT2D eigenvalue weighted by Gasteiger charge is -2.13. The molecule has 0 radical (unpaired) electrons. The SMILES string of the molecule is Cc1ccc(CNC(C)CCc2ccco2)cc1Br. The molecule has 0 spiro atoms. The molecule has 0 fully saturated rings. The lowest BCUT2D eigenvalue weighted by molar-refractivity contribution is 0.460. The van der Waals surface area contributed by atoms with Crippen LogP contribution in [0, 0.1) is 6.92 Å². The highest BCUT2D eigenvalue weighted by Crippen LogP contribution is 2.17. The third-order valence-electron chi connectivity index (χ3n) is 3.29. The van der Waals surface area contributed by atoms with Crippen molar-refractivity contribution in [2.45, 2.75) is 39.3 Å². The smallest absolute Gasteiger partial charge is 0.103 e. The largest absolute Gasteiger partial charge is 0.469 e. The third-order valence-corrected chi connectivity index (χ3v) is 4.15. The minimum absolute atomic E-state index is 0.477. The molecule has 0 aliphatic carbocycles. The molecule has 1 heterocycles. The Labute approximate surface area is 123 Å². The van der Waals surface area contributed by atoms with Gasteiger partial charge in [0, 0.05) is 23.5 Å². The van der Waals surface area contributed by atoms with E-state index in [4.69, 9.17) is 4.42 Å². The Kier molecular flexibility index (Phi) is 5.23. The van der Waals surface area contributed by atoms with Gasteiger partial charge < -0.3 is 9.73 Å². The maximum Gasteiger partial charge on any atom is 0.103 e. The molecule has 0 amide bonds. The van der Waals surface area contributed by atoms with Crippen LogP contribution in [0.4, 0.5) is 0 Å². The molecule has 1 aromatic carbocycles. The Morgan fingerprint density at radius 1 is 1.32 bits per heavy atom. The molecular weight excluding hydrogens is 302 g/mol. The molecule has 2 aromatic rings. The van der Waals surface area contributed by atoms with Crippen LogP contribution >= 0.6 is 15.9 Å². The first-order valence-electron chi connectivity index (χ1n) is 6.66. The van der Waals surface area contributed by atoms with Gasteiger partial charge in [0.1, 0.15) is 5.76 Å². The number of hydrogen-bond acceptors (Lipinski definition) is 2. The van der Waals surface area contributed by atoms with Crippen LogP contribution in [0.25, 0.3) is 0 Å². The van der Waals surface area contributed by atoms with Gasteiger partial charge in [-0.05, 0) is 49.6 Å². The minimum Gasteiger partial charge on any atom is -0.469 e. The van der Waals surface area contributed by atoms with Gasteiger partial charge in [0.15, 0.2) is 0 Å². The number of hydrogen-bond donors (Lipinski definition) is 1. The van der Waals surface area contributed by atoms with Crippen molar-refractivity contribution < 1.29 is 4.42 Å². The summed E-state index contributed by atoms with van der Waals surface area (Å²) in [4.78, 5) is 0. The van der Waals surface area contributed by atoms with Gasteiger partial charge in [-0.1, -0.05) is 28.1 Å². The Morgan fingerprint density at radius 3 is 2.84 bits per heavy atom. The fourth-order valence-electron chi connectivity index (χ4n) is 1.95. The van der Waals surface area contributed by atoms with Gasteiger partial charge in [-0.15, -0.1) is 0 Å². The normalized spacial score (nSPS) is 12.6. The van der Waals surface area contributed by atoms with E-state index in [0.717, 1.165) is 25.1 Å². The van der Waals surface area contributed by atoms with Crippen LogP contribution in [0.3, 0.4) is 0 Å². The summed E-state index contributed by atoms with van der Waals surface area (Å²) in [7, 11) is 0. The molecule has 0 bridgehead atoms. The monoisotopic (exact) mass is 321 g/mol. The number of halogens is 1. The van der Waals surface area contributed by atoms with Gasteiger partial charge in [0.2, 0.25) is 0 Å². The lowest BCUT2D eigenvalue weighted by atomic mass is 10.1. The molecular formula is C16H20BrNO. The molecule has 3 heteroatoms. The fourth-order valence-corrected chi connectivity index (χ4v) is 2.38. The van der Waals surface area contributed by atoms with Gasteiger partial charge in [-0.25, -0.2) is 0 Å². The van der Waals surface area contributed by atoms with Gasteiger partial charge >= 0.3 is 0 Å². The molecule has 2 rings (SSSR count). The van der Waals surface area contributed by atoms with Crippen molar-refractivity contribution >= 4 is 15.9 Å². The predicted molar refractivity (Wildman–Crippen MR) is 82.2 cm³/mol. The van der Waals surface area contributed by atoms with E-state index in [2.05, 4.69) is 53.3 Å². The topological polar surface area (TPSA) is 25.2 Å². The first-order valence-corrected chi connectivity index (χ1v) is 7.45. The van der Waals surface area contributed by atoms with Crippen LogP contribution < -0.4 is 5.32 Å². The molecule has 0 aliphatic rings. The van der Waals surface area contributed by atoms with Crippen LogP contribution in [-0.4, -0.2) is 6.04 Å². The minimum atomic E-state index is 0.477. The van der Waals surface area contributed by atoms with Gasteiger partial charge in [-0.3, -0.25) is 0 Å². The maximum absolute atomic E-state index is 5.34. The van der Waals surface area contributed by atoms with Crippen LogP contribution in [0.1, 0.15) is 30.2 Å². The van der Waals surface area contributed by atoms with Crippen molar-refractivity contribution in [2.24, 2.45) is 0 Å². The zero-order chi connectivity index (χ0) is 13.7. The molecule has 0 saturated carbocycles. The molecule has 0 saturated heterocycles. The van der Waals surface area contributed by atoms with Gasteiger partial charge in [-0.2, -0.15) is 0 Å². The van der Waals surface area contributed by atoms with Crippen LogP contribution in [0.15, 0.2) is 45.5 Å². The Morgan fingerprint density at radius 2 is 2.16 bits per heavy atom. The van der Waals surface area contributed by atoms with E-state index in [-0.39, 0.29) is 0 Å². The molecule has 102 valence electrons. The highest BCUT2D eigenvalue weighted by molar-refractivity contribution is 9.10. The van der Waals surface area contributed by atoms with E-state index < -0.39 is 0 Å². The van der Waals surface area contributed by atoms with Crippen molar-refractivity contribution in [1.29, 1.82) is 0 Å². The number of aryl methyl sites for hydroxylation is 2. The van der Waals surface area contributed by atoms with Crippen molar-refractivity contribution in [3.8, 4) is 0 Å². The standard InChI is InChI=1S/C16H20BrNO/c1-12-5-7-14(10-16(12)17)11-18-13(2)6-8-15-4-3-9-19-15/h3-5,7,9-10,13,18H,6,8,11H2,1-2H3. The Bertz CT molecular complexity index is 507. The predicted octanol–water partition coefficient (Wildman–Crippen LogP) is 4.46. The second kappa shape index (κ2) is 6.92. The third kappa shape index (κ3) is 4.51. The zero-order valence-corrected chi connectivity index (χ0v) is 13.0.